The summed E-state index contributed by atoms with van der Waals surface area (Å²) in [6.07, 6.45) is 1.79. The van der Waals surface area contributed by atoms with Gasteiger partial charge in [0.2, 0.25) is 5.89 Å². The molecule has 4 rings (SSSR count). The molecule has 7 nitrogen and oxygen atoms in total. The van der Waals surface area contributed by atoms with E-state index in [2.05, 4.69) is 48.4 Å². The van der Waals surface area contributed by atoms with E-state index in [1.54, 1.807) is 6.92 Å². The lowest BCUT2D eigenvalue weighted by atomic mass is 9.91. The first-order valence-corrected chi connectivity index (χ1v) is 11.6. The van der Waals surface area contributed by atoms with Gasteiger partial charge >= 0.3 is 0 Å². The molecule has 0 radical (unpaired) electrons. The molecule has 0 bridgehead atoms. The molecule has 0 saturated carbocycles. The van der Waals surface area contributed by atoms with Gasteiger partial charge in [0.1, 0.15) is 5.69 Å². The van der Waals surface area contributed by atoms with Gasteiger partial charge in [0.25, 0.3) is 11.8 Å². The SMILES string of the molecule is Cc1nnc(-c2cc(C(C)(C)C)n(-c3cccc(C(=O)NC(C)CCc4ccccc4)c3)n2)o1. The molecule has 1 amide bonds. The van der Waals surface area contributed by atoms with Gasteiger partial charge in [-0.1, -0.05) is 57.2 Å². The second-order valence-electron chi connectivity index (χ2n) is 9.65. The maximum Gasteiger partial charge on any atom is 0.268 e. The van der Waals surface area contributed by atoms with Crippen LogP contribution in [0.4, 0.5) is 0 Å². The summed E-state index contributed by atoms with van der Waals surface area (Å²) in [6, 6.07) is 19.8. The molecule has 2 aromatic carbocycles. The normalized spacial score (nSPS) is 12.5. The predicted molar refractivity (Wildman–Crippen MR) is 132 cm³/mol. The van der Waals surface area contributed by atoms with Gasteiger partial charge in [0.05, 0.1) is 11.4 Å². The molecule has 2 heterocycles. The molecule has 1 N–H and O–H groups in total. The Kier molecular flexibility index (Phi) is 6.63. The number of nitrogens with zero attached hydrogens (tertiary/aromatic N) is 4. The van der Waals surface area contributed by atoms with Crippen molar-refractivity contribution in [3.05, 3.63) is 83.4 Å². The molecule has 4 aromatic rings. The molecule has 1 unspecified atom stereocenters. The summed E-state index contributed by atoms with van der Waals surface area (Å²) in [4.78, 5) is 13.0. The third kappa shape index (κ3) is 5.42. The van der Waals surface area contributed by atoms with Crippen LogP contribution in [-0.4, -0.2) is 31.9 Å². The molecule has 0 aliphatic rings. The number of amides is 1. The smallest absolute Gasteiger partial charge is 0.268 e. The van der Waals surface area contributed by atoms with E-state index < -0.39 is 0 Å². The number of hydrogen-bond donors (Lipinski definition) is 1. The van der Waals surface area contributed by atoms with Gasteiger partial charge in [-0.25, -0.2) is 4.68 Å². The summed E-state index contributed by atoms with van der Waals surface area (Å²) < 4.78 is 7.44. The summed E-state index contributed by atoms with van der Waals surface area (Å²) in [6.45, 7) is 10.1. The number of aromatic nitrogens is 4. The Morgan fingerprint density at radius 3 is 2.50 bits per heavy atom. The fourth-order valence-corrected chi connectivity index (χ4v) is 3.80. The standard InChI is InChI=1S/C27H31N5O2/c1-18(14-15-20-10-7-6-8-11-20)28-25(33)21-12-9-13-22(16-21)32-24(27(3,4)5)17-23(31-32)26-30-29-19(2)34-26/h6-13,16-18H,14-15H2,1-5H3,(H,28,33). The average Bonchev–Trinajstić information content (AvgIpc) is 3.45. The molecule has 0 spiro atoms. The predicted octanol–water partition coefficient (Wildman–Crippen LogP) is 5.28. The van der Waals surface area contributed by atoms with Gasteiger partial charge in [0, 0.05) is 23.9 Å². The minimum absolute atomic E-state index is 0.0542. The highest BCUT2D eigenvalue weighted by Gasteiger charge is 2.24. The lowest BCUT2D eigenvalue weighted by Crippen LogP contribution is -2.33. The highest BCUT2D eigenvalue weighted by Crippen LogP contribution is 2.29. The van der Waals surface area contributed by atoms with E-state index in [0.29, 0.717) is 23.0 Å². The molecular formula is C27H31N5O2. The number of nitrogens with one attached hydrogen (secondary N) is 1. The van der Waals surface area contributed by atoms with Crippen LogP contribution in [0.2, 0.25) is 0 Å². The number of rotatable bonds is 7. The summed E-state index contributed by atoms with van der Waals surface area (Å²) in [5, 5.41) is 15.9. The first-order chi connectivity index (χ1) is 16.2. The number of aryl methyl sites for hydroxylation is 2. The second-order valence-corrected chi connectivity index (χ2v) is 9.65. The monoisotopic (exact) mass is 457 g/mol. The van der Waals surface area contributed by atoms with Crippen LogP contribution in [-0.2, 0) is 11.8 Å². The van der Waals surface area contributed by atoms with Crippen LogP contribution in [0.3, 0.4) is 0 Å². The van der Waals surface area contributed by atoms with Crippen LogP contribution in [0.25, 0.3) is 17.3 Å². The van der Waals surface area contributed by atoms with E-state index in [4.69, 9.17) is 9.52 Å². The molecule has 0 fully saturated rings. The third-order valence-electron chi connectivity index (χ3n) is 5.66. The van der Waals surface area contributed by atoms with E-state index in [9.17, 15) is 4.79 Å². The first-order valence-electron chi connectivity index (χ1n) is 11.6. The zero-order valence-electron chi connectivity index (χ0n) is 20.4. The van der Waals surface area contributed by atoms with Gasteiger partial charge in [-0.3, -0.25) is 4.79 Å². The summed E-state index contributed by atoms with van der Waals surface area (Å²) in [5.41, 5.74) is 4.06. The summed E-state index contributed by atoms with van der Waals surface area (Å²) in [5.74, 6) is 0.768. The fourth-order valence-electron chi connectivity index (χ4n) is 3.80. The molecule has 0 saturated heterocycles. The molecule has 176 valence electrons. The fraction of sp³-hybridized carbons (Fsp3) is 0.333. The number of carbonyl (C=O) groups excluding carboxylic acids is 1. The van der Waals surface area contributed by atoms with Crippen molar-refractivity contribution in [1.29, 1.82) is 0 Å². The highest BCUT2D eigenvalue weighted by molar-refractivity contribution is 5.94. The Labute approximate surface area is 200 Å². The largest absolute Gasteiger partial charge is 0.420 e. The lowest BCUT2D eigenvalue weighted by Gasteiger charge is -2.20. The van der Waals surface area contributed by atoms with E-state index >= 15 is 0 Å². The van der Waals surface area contributed by atoms with Crippen LogP contribution < -0.4 is 5.32 Å². The topological polar surface area (TPSA) is 85.8 Å². The Hall–Kier alpha value is -3.74. The van der Waals surface area contributed by atoms with E-state index in [1.807, 2.05) is 60.1 Å². The van der Waals surface area contributed by atoms with Crippen molar-refractivity contribution >= 4 is 5.91 Å². The number of benzene rings is 2. The quantitative estimate of drug-likeness (QED) is 0.408. The van der Waals surface area contributed by atoms with Gasteiger partial charge in [-0.2, -0.15) is 5.10 Å². The zero-order chi connectivity index (χ0) is 24.3. The van der Waals surface area contributed by atoms with Crippen molar-refractivity contribution in [1.82, 2.24) is 25.3 Å². The second kappa shape index (κ2) is 9.63. The third-order valence-corrected chi connectivity index (χ3v) is 5.66. The van der Waals surface area contributed by atoms with Crippen molar-refractivity contribution in [2.45, 2.75) is 58.9 Å². The average molecular weight is 458 g/mol. The van der Waals surface area contributed by atoms with E-state index in [1.165, 1.54) is 5.56 Å². The van der Waals surface area contributed by atoms with Gasteiger partial charge in [-0.05, 0) is 49.6 Å². The van der Waals surface area contributed by atoms with Gasteiger partial charge in [0.15, 0.2) is 0 Å². The van der Waals surface area contributed by atoms with Crippen LogP contribution in [0.5, 0.6) is 0 Å². The van der Waals surface area contributed by atoms with E-state index in [-0.39, 0.29) is 17.4 Å². The van der Waals surface area contributed by atoms with Gasteiger partial charge < -0.3 is 9.73 Å². The Morgan fingerprint density at radius 1 is 1.06 bits per heavy atom. The first kappa shape index (κ1) is 23.4. The Bertz CT molecular complexity index is 1270. The molecular weight excluding hydrogens is 426 g/mol. The van der Waals surface area contributed by atoms with Crippen molar-refractivity contribution in [2.24, 2.45) is 0 Å². The van der Waals surface area contributed by atoms with Crippen LogP contribution in [0.15, 0.2) is 65.1 Å². The molecule has 34 heavy (non-hydrogen) atoms. The van der Waals surface area contributed by atoms with Crippen LogP contribution in [0, 0.1) is 6.92 Å². The minimum Gasteiger partial charge on any atom is -0.420 e. The lowest BCUT2D eigenvalue weighted by molar-refractivity contribution is 0.0938. The van der Waals surface area contributed by atoms with Crippen molar-refractivity contribution in [2.75, 3.05) is 0 Å². The van der Waals surface area contributed by atoms with Crippen LogP contribution >= 0.6 is 0 Å². The number of carbonyl (C=O) groups is 1. The number of hydrogen-bond acceptors (Lipinski definition) is 5. The molecule has 2 aromatic heterocycles. The molecule has 0 aliphatic carbocycles. The Balaban J connectivity index is 1.54. The zero-order valence-corrected chi connectivity index (χ0v) is 20.4. The highest BCUT2D eigenvalue weighted by atomic mass is 16.4. The molecule has 0 aliphatic heterocycles. The Morgan fingerprint density at radius 2 is 1.82 bits per heavy atom. The van der Waals surface area contributed by atoms with Crippen LogP contribution in [0.1, 0.15) is 61.6 Å². The van der Waals surface area contributed by atoms with E-state index in [0.717, 1.165) is 24.2 Å². The van der Waals surface area contributed by atoms with Crippen molar-refractivity contribution in [3.63, 3.8) is 0 Å². The van der Waals surface area contributed by atoms with Crippen molar-refractivity contribution < 1.29 is 9.21 Å². The minimum atomic E-state index is -0.190. The summed E-state index contributed by atoms with van der Waals surface area (Å²) in [7, 11) is 0. The van der Waals surface area contributed by atoms with Gasteiger partial charge in [-0.15, -0.1) is 10.2 Å². The summed E-state index contributed by atoms with van der Waals surface area (Å²) >= 11 is 0. The van der Waals surface area contributed by atoms with Crippen molar-refractivity contribution in [3.8, 4) is 17.3 Å². The maximum absolute atomic E-state index is 13.0. The maximum atomic E-state index is 13.0. The molecule has 1 atom stereocenters. The molecule has 7 heteroatoms.